The number of benzene rings is 2. The summed E-state index contributed by atoms with van der Waals surface area (Å²) in [5, 5.41) is 16.0. The van der Waals surface area contributed by atoms with Crippen molar-refractivity contribution in [2.24, 2.45) is 0 Å². The van der Waals surface area contributed by atoms with Crippen LogP contribution in [0.4, 0.5) is 23.4 Å². The molecule has 2 aromatic carbocycles. The Hall–Kier alpha value is -4.27. The summed E-state index contributed by atoms with van der Waals surface area (Å²) >= 11 is 0. The Morgan fingerprint density at radius 2 is 2.12 bits per heavy atom. The number of hydrogen-bond donors (Lipinski definition) is 2. The number of nitrogens with two attached hydrogens (primary N) is 1. The fourth-order valence-electron chi connectivity index (χ4n) is 3.65. The molecular formula is C22H17F4N5O3. The Kier molecular flexibility index (Phi) is 5.78. The van der Waals surface area contributed by atoms with Gasteiger partial charge in [0.05, 0.1) is 18.7 Å². The van der Waals surface area contributed by atoms with E-state index in [0.717, 1.165) is 6.07 Å². The van der Waals surface area contributed by atoms with Gasteiger partial charge in [-0.05, 0) is 24.3 Å². The number of carbonyl (C=O) groups excluding carboxylic acids is 1. The summed E-state index contributed by atoms with van der Waals surface area (Å²) in [6.07, 6.45) is -4.57. The standard InChI is InChI=1S/C22H17F4N5O3/c1-33-17-5-3-12(23)7-14(17)21(32)29-16-9-34-18-6-11(2-4-13(16)18)19-15(8-27)20(28)31(30-19)10-22(24,25)26/h2-7,16H,9-10,28H2,1H3,(H,29,32). The fourth-order valence-corrected chi connectivity index (χ4v) is 3.65. The van der Waals surface area contributed by atoms with Crippen molar-refractivity contribution in [3.63, 3.8) is 0 Å². The average molecular weight is 475 g/mol. The highest BCUT2D eigenvalue weighted by Gasteiger charge is 2.32. The van der Waals surface area contributed by atoms with Crippen LogP contribution in [0.1, 0.15) is 27.5 Å². The van der Waals surface area contributed by atoms with Gasteiger partial charge in [-0.3, -0.25) is 4.79 Å². The van der Waals surface area contributed by atoms with Crippen molar-refractivity contribution in [3.05, 3.63) is 58.9 Å². The zero-order valence-corrected chi connectivity index (χ0v) is 17.6. The maximum atomic E-state index is 13.6. The molecule has 1 aliphatic heterocycles. The molecule has 2 heterocycles. The Bertz CT molecular complexity index is 1310. The molecule has 0 radical (unpaired) electrons. The summed E-state index contributed by atoms with van der Waals surface area (Å²) in [4.78, 5) is 12.7. The first kappa shape index (κ1) is 22.9. The lowest BCUT2D eigenvalue weighted by molar-refractivity contribution is -0.142. The summed E-state index contributed by atoms with van der Waals surface area (Å²) < 4.78 is 63.3. The van der Waals surface area contributed by atoms with E-state index in [1.54, 1.807) is 12.1 Å². The van der Waals surface area contributed by atoms with Gasteiger partial charge in [0.25, 0.3) is 5.91 Å². The number of nitrogen functional groups attached to an aromatic ring is 1. The van der Waals surface area contributed by atoms with Gasteiger partial charge in [0, 0.05) is 11.1 Å². The molecule has 8 nitrogen and oxygen atoms in total. The molecule has 1 aliphatic rings. The van der Waals surface area contributed by atoms with Crippen LogP contribution < -0.4 is 20.5 Å². The third-order valence-corrected chi connectivity index (χ3v) is 5.21. The number of nitriles is 1. The van der Waals surface area contributed by atoms with Gasteiger partial charge in [0.2, 0.25) is 0 Å². The zero-order valence-electron chi connectivity index (χ0n) is 17.6. The van der Waals surface area contributed by atoms with Gasteiger partial charge >= 0.3 is 6.18 Å². The topological polar surface area (TPSA) is 115 Å². The van der Waals surface area contributed by atoms with Gasteiger partial charge in [0.1, 0.15) is 53.6 Å². The largest absolute Gasteiger partial charge is 0.496 e. The average Bonchev–Trinajstić information content (AvgIpc) is 3.32. The predicted octanol–water partition coefficient (Wildman–Crippen LogP) is 3.58. The van der Waals surface area contributed by atoms with Gasteiger partial charge in [-0.15, -0.1) is 0 Å². The molecule has 1 amide bonds. The number of hydrogen-bond acceptors (Lipinski definition) is 6. The van der Waals surface area contributed by atoms with Crippen molar-refractivity contribution in [1.82, 2.24) is 15.1 Å². The van der Waals surface area contributed by atoms with E-state index in [4.69, 9.17) is 15.2 Å². The second-order valence-corrected chi connectivity index (χ2v) is 7.43. The summed E-state index contributed by atoms with van der Waals surface area (Å²) in [7, 11) is 1.36. The SMILES string of the molecule is COc1ccc(F)cc1C(=O)NC1COc2cc(-c3nn(CC(F)(F)F)c(N)c3C#N)ccc21. The highest BCUT2D eigenvalue weighted by molar-refractivity contribution is 5.97. The number of fused-ring (bicyclic) bond motifs is 1. The maximum Gasteiger partial charge on any atom is 0.408 e. The van der Waals surface area contributed by atoms with Crippen molar-refractivity contribution in [2.75, 3.05) is 19.5 Å². The molecule has 1 aromatic heterocycles. The lowest BCUT2D eigenvalue weighted by Crippen LogP contribution is -2.29. The number of ether oxygens (including phenoxy) is 2. The Balaban J connectivity index is 1.61. The Morgan fingerprint density at radius 3 is 2.79 bits per heavy atom. The van der Waals surface area contributed by atoms with Crippen LogP contribution in [-0.2, 0) is 6.54 Å². The first-order valence-electron chi connectivity index (χ1n) is 9.86. The molecule has 1 atom stereocenters. The van der Waals surface area contributed by atoms with Gasteiger partial charge in [-0.25, -0.2) is 9.07 Å². The van der Waals surface area contributed by atoms with E-state index in [1.165, 1.54) is 31.4 Å². The number of alkyl halides is 3. The maximum absolute atomic E-state index is 13.6. The highest BCUT2D eigenvalue weighted by Crippen LogP contribution is 2.38. The second kappa shape index (κ2) is 8.58. The van der Waals surface area contributed by atoms with Crippen LogP contribution in [0.2, 0.25) is 0 Å². The number of rotatable bonds is 5. The number of anilines is 1. The Labute approximate surface area is 190 Å². The van der Waals surface area contributed by atoms with Crippen molar-refractivity contribution < 1.29 is 31.8 Å². The van der Waals surface area contributed by atoms with E-state index in [0.29, 0.717) is 21.6 Å². The molecule has 34 heavy (non-hydrogen) atoms. The smallest absolute Gasteiger partial charge is 0.408 e. The molecule has 0 fully saturated rings. The van der Waals surface area contributed by atoms with Crippen molar-refractivity contribution in [1.29, 1.82) is 5.26 Å². The molecule has 0 saturated carbocycles. The molecule has 4 rings (SSSR count). The predicted molar refractivity (Wildman–Crippen MR) is 111 cm³/mol. The number of nitrogens with one attached hydrogen (secondary N) is 1. The van der Waals surface area contributed by atoms with Crippen LogP contribution in [0.3, 0.4) is 0 Å². The zero-order chi connectivity index (χ0) is 24.6. The van der Waals surface area contributed by atoms with E-state index in [-0.39, 0.29) is 29.2 Å². The van der Waals surface area contributed by atoms with Crippen molar-refractivity contribution in [3.8, 4) is 28.8 Å². The molecule has 12 heteroatoms. The molecule has 0 aliphatic carbocycles. The minimum absolute atomic E-state index is 0.0110. The lowest BCUT2D eigenvalue weighted by Gasteiger charge is -2.14. The number of nitrogens with zero attached hydrogens (tertiary/aromatic N) is 3. The van der Waals surface area contributed by atoms with Crippen LogP contribution in [0.5, 0.6) is 11.5 Å². The van der Waals surface area contributed by atoms with Crippen LogP contribution in [0, 0.1) is 17.1 Å². The minimum Gasteiger partial charge on any atom is -0.496 e. The van der Waals surface area contributed by atoms with E-state index in [9.17, 15) is 27.6 Å². The second-order valence-electron chi connectivity index (χ2n) is 7.43. The first-order chi connectivity index (χ1) is 16.1. The van der Waals surface area contributed by atoms with Crippen LogP contribution in [0.25, 0.3) is 11.3 Å². The number of methoxy groups -OCH3 is 1. The highest BCUT2D eigenvalue weighted by atomic mass is 19.4. The molecule has 0 bridgehead atoms. The van der Waals surface area contributed by atoms with E-state index in [2.05, 4.69) is 10.4 Å². The van der Waals surface area contributed by atoms with Gasteiger partial charge in [-0.1, -0.05) is 12.1 Å². The molecule has 0 saturated heterocycles. The van der Waals surface area contributed by atoms with E-state index in [1.807, 2.05) is 0 Å². The summed E-state index contributed by atoms with van der Waals surface area (Å²) in [5.41, 5.74) is 6.41. The van der Waals surface area contributed by atoms with Gasteiger partial charge < -0.3 is 20.5 Å². The fraction of sp³-hybridized carbons (Fsp3) is 0.227. The van der Waals surface area contributed by atoms with E-state index < -0.39 is 36.3 Å². The molecule has 3 N–H and O–H groups in total. The number of carbonyl (C=O) groups is 1. The number of halogens is 4. The third-order valence-electron chi connectivity index (χ3n) is 5.21. The molecule has 1 unspecified atom stereocenters. The third kappa shape index (κ3) is 4.32. The molecule has 0 spiro atoms. The monoisotopic (exact) mass is 475 g/mol. The number of amides is 1. The van der Waals surface area contributed by atoms with Crippen LogP contribution >= 0.6 is 0 Å². The van der Waals surface area contributed by atoms with Crippen molar-refractivity contribution in [2.45, 2.75) is 18.8 Å². The first-order valence-corrected chi connectivity index (χ1v) is 9.86. The molecular weight excluding hydrogens is 458 g/mol. The summed E-state index contributed by atoms with van der Waals surface area (Å²) in [6.45, 7) is -1.37. The van der Waals surface area contributed by atoms with Crippen molar-refractivity contribution >= 4 is 11.7 Å². The number of aromatic nitrogens is 2. The summed E-state index contributed by atoms with van der Waals surface area (Å²) in [6, 6.07) is 9.42. The van der Waals surface area contributed by atoms with Crippen LogP contribution in [0.15, 0.2) is 36.4 Å². The van der Waals surface area contributed by atoms with Gasteiger partial charge in [-0.2, -0.15) is 23.5 Å². The Morgan fingerprint density at radius 1 is 1.35 bits per heavy atom. The molecule has 176 valence electrons. The van der Waals surface area contributed by atoms with Gasteiger partial charge in [0.15, 0.2) is 0 Å². The summed E-state index contributed by atoms with van der Waals surface area (Å²) in [5.74, 6) is -1.03. The minimum atomic E-state index is -4.57. The van der Waals surface area contributed by atoms with Crippen LogP contribution in [-0.4, -0.2) is 35.6 Å². The van der Waals surface area contributed by atoms with E-state index >= 15 is 0 Å². The quantitative estimate of drug-likeness (QED) is 0.545. The molecule has 3 aromatic rings. The normalized spacial score (nSPS) is 14.8. The lowest BCUT2D eigenvalue weighted by atomic mass is 10.0.